The Labute approximate surface area is 97.5 Å². The van der Waals surface area contributed by atoms with E-state index in [1.807, 2.05) is 13.8 Å². The zero-order valence-electron chi connectivity index (χ0n) is 10.5. The molecule has 1 aliphatic carbocycles. The van der Waals surface area contributed by atoms with Crippen LogP contribution < -0.4 is 5.73 Å². The van der Waals surface area contributed by atoms with Crippen molar-refractivity contribution in [1.82, 2.24) is 0 Å². The number of ether oxygens (including phenoxy) is 2. The second-order valence-corrected chi connectivity index (χ2v) is 5.14. The van der Waals surface area contributed by atoms with Gasteiger partial charge in [0.15, 0.2) is 0 Å². The van der Waals surface area contributed by atoms with Crippen LogP contribution in [0.3, 0.4) is 0 Å². The van der Waals surface area contributed by atoms with Crippen LogP contribution in [0.2, 0.25) is 0 Å². The molecule has 0 bridgehead atoms. The molecule has 16 heavy (non-hydrogen) atoms. The number of methoxy groups -OCH3 is 1. The normalized spacial score (nSPS) is 26.5. The van der Waals surface area contributed by atoms with Crippen molar-refractivity contribution in [3.8, 4) is 0 Å². The fourth-order valence-corrected chi connectivity index (χ4v) is 1.82. The highest BCUT2D eigenvalue weighted by Gasteiger charge is 2.32. The van der Waals surface area contributed by atoms with Gasteiger partial charge in [-0.05, 0) is 33.1 Å². The van der Waals surface area contributed by atoms with E-state index in [9.17, 15) is 4.79 Å². The monoisotopic (exact) mass is 229 g/mol. The largest absolute Gasteiger partial charge is 0.462 e. The summed E-state index contributed by atoms with van der Waals surface area (Å²) < 4.78 is 10.8. The zero-order chi connectivity index (χ0) is 12.2. The summed E-state index contributed by atoms with van der Waals surface area (Å²) in [6, 6.07) is 0. The molecule has 0 heterocycles. The van der Waals surface area contributed by atoms with E-state index < -0.39 is 5.41 Å². The standard InChI is InChI=1S/C12H23NO3/c1-12(2,8-13)11(14)16-10-6-4-5-9(7-10)15-3/h9-10H,4-8,13H2,1-3H3. The molecule has 0 amide bonds. The van der Waals surface area contributed by atoms with Crippen LogP contribution in [0.25, 0.3) is 0 Å². The first-order valence-electron chi connectivity index (χ1n) is 5.93. The zero-order valence-corrected chi connectivity index (χ0v) is 10.5. The number of esters is 1. The average molecular weight is 229 g/mol. The first-order valence-corrected chi connectivity index (χ1v) is 5.93. The topological polar surface area (TPSA) is 61.5 Å². The molecule has 1 rings (SSSR count). The van der Waals surface area contributed by atoms with Gasteiger partial charge in [-0.1, -0.05) is 0 Å². The van der Waals surface area contributed by atoms with Crippen molar-refractivity contribution in [2.45, 2.75) is 51.7 Å². The van der Waals surface area contributed by atoms with Crippen molar-refractivity contribution in [3.05, 3.63) is 0 Å². The molecule has 4 nitrogen and oxygen atoms in total. The van der Waals surface area contributed by atoms with Crippen molar-refractivity contribution in [3.63, 3.8) is 0 Å². The van der Waals surface area contributed by atoms with E-state index in [-0.39, 0.29) is 18.2 Å². The Morgan fingerprint density at radius 3 is 2.56 bits per heavy atom. The summed E-state index contributed by atoms with van der Waals surface area (Å²) in [5.41, 5.74) is 4.96. The van der Waals surface area contributed by atoms with Crippen LogP contribution in [-0.2, 0) is 14.3 Å². The Balaban J connectivity index is 2.45. The molecule has 0 saturated heterocycles. The molecular weight excluding hydrogens is 206 g/mol. The van der Waals surface area contributed by atoms with Gasteiger partial charge in [0.1, 0.15) is 6.10 Å². The molecule has 0 aromatic rings. The van der Waals surface area contributed by atoms with Gasteiger partial charge in [0.25, 0.3) is 0 Å². The lowest BCUT2D eigenvalue weighted by Gasteiger charge is -2.30. The van der Waals surface area contributed by atoms with Gasteiger partial charge in [-0.3, -0.25) is 4.79 Å². The Kier molecular flexibility index (Phi) is 4.74. The molecule has 0 spiro atoms. The molecule has 4 heteroatoms. The second-order valence-electron chi connectivity index (χ2n) is 5.14. The molecule has 1 aliphatic rings. The Bertz CT molecular complexity index is 240. The third-order valence-electron chi connectivity index (χ3n) is 3.25. The lowest BCUT2D eigenvalue weighted by molar-refractivity contribution is -0.162. The van der Waals surface area contributed by atoms with Gasteiger partial charge >= 0.3 is 5.97 Å². The van der Waals surface area contributed by atoms with Crippen LogP contribution in [0.1, 0.15) is 39.5 Å². The summed E-state index contributed by atoms with van der Waals surface area (Å²) in [5, 5.41) is 0. The van der Waals surface area contributed by atoms with E-state index in [2.05, 4.69) is 0 Å². The fourth-order valence-electron chi connectivity index (χ4n) is 1.82. The summed E-state index contributed by atoms with van der Waals surface area (Å²) in [6.45, 7) is 3.93. The number of carbonyl (C=O) groups excluding carboxylic acids is 1. The minimum absolute atomic E-state index is 0.00275. The Morgan fingerprint density at radius 2 is 2.00 bits per heavy atom. The van der Waals surface area contributed by atoms with Gasteiger partial charge in [-0.15, -0.1) is 0 Å². The molecule has 0 radical (unpaired) electrons. The molecule has 2 unspecified atom stereocenters. The molecule has 0 aromatic heterocycles. The third kappa shape index (κ3) is 3.46. The predicted molar refractivity (Wildman–Crippen MR) is 62.0 cm³/mol. The van der Waals surface area contributed by atoms with Crippen molar-refractivity contribution in [2.24, 2.45) is 11.1 Å². The van der Waals surface area contributed by atoms with Gasteiger partial charge in [-0.25, -0.2) is 0 Å². The predicted octanol–water partition coefficient (Wildman–Crippen LogP) is 1.47. The van der Waals surface area contributed by atoms with Crippen molar-refractivity contribution < 1.29 is 14.3 Å². The molecular formula is C12H23NO3. The maximum absolute atomic E-state index is 11.8. The van der Waals surface area contributed by atoms with Crippen LogP contribution in [0, 0.1) is 5.41 Å². The van der Waals surface area contributed by atoms with Gasteiger partial charge in [0.05, 0.1) is 11.5 Å². The first kappa shape index (κ1) is 13.5. The highest BCUT2D eigenvalue weighted by molar-refractivity contribution is 5.76. The summed E-state index contributed by atoms with van der Waals surface area (Å²) >= 11 is 0. The highest BCUT2D eigenvalue weighted by atomic mass is 16.5. The van der Waals surface area contributed by atoms with E-state index in [0.717, 1.165) is 25.7 Å². The average Bonchev–Trinajstić information content (AvgIpc) is 2.29. The number of nitrogens with two attached hydrogens (primary N) is 1. The minimum Gasteiger partial charge on any atom is -0.462 e. The highest BCUT2D eigenvalue weighted by Crippen LogP contribution is 2.25. The third-order valence-corrected chi connectivity index (χ3v) is 3.25. The van der Waals surface area contributed by atoms with Crippen LogP contribution in [0.15, 0.2) is 0 Å². The van der Waals surface area contributed by atoms with E-state index in [1.54, 1.807) is 7.11 Å². The minimum atomic E-state index is -0.583. The number of hydrogen-bond donors (Lipinski definition) is 1. The molecule has 2 atom stereocenters. The van der Waals surface area contributed by atoms with E-state index >= 15 is 0 Å². The summed E-state index contributed by atoms with van der Waals surface area (Å²) in [5.74, 6) is -0.197. The lowest BCUT2D eigenvalue weighted by atomic mass is 9.92. The number of rotatable bonds is 4. The van der Waals surface area contributed by atoms with E-state index in [1.165, 1.54) is 0 Å². The maximum Gasteiger partial charge on any atom is 0.313 e. The summed E-state index contributed by atoms with van der Waals surface area (Å²) in [6.07, 6.45) is 4.09. The van der Waals surface area contributed by atoms with Gasteiger partial charge in [0.2, 0.25) is 0 Å². The number of carbonyl (C=O) groups is 1. The van der Waals surface area contributed by atoms with Gasteiger partial charge in [0, 0.05) is 20.1 Å². The smallest absolute Gasteiger partial charge is 0.313 e. The SMILES string of the molecule is COC1CCCC(OC(=O)C(C)(C)CN)C1. The Morgan fingerprint density at radius 1 is 1.38 bits per heavy atom. The second kappa shape index (κ2) is 5.64. The van der Waals surface area contributed by atoms with Crippen molar-refractivity contribution >= 4 is 5.97 Å². The molecule has 0 aromatic carbocycles. The molecule has 0 aliphatic heterocycles. The first-order chi connectivity index (χ1) is 7.49. The number of hydrogen-bond acceptors (Lipinski definition) is 4. The van der Waals surface area contributed by atoms with E-state index in [4.69, 9.17) is 15.2 Å². The van der Waals surface area contributed by atoms with Crippen LogP contribution >= 0.6 is 0 Å². The molecule has 2 N–H and O–H groups in total. The van der Waals surface area contributed by atoms with Crippen LogP contribution in [0.5, 0.6) is 0 Å². The van der Waals surface area contributed by atoms with Gasteiger partial charge < -0.3 is 15.2 Å². The maximum atomic E-state index is 11.8. The summed E-state index contributed by atoms with van der Waals surface area (Å²) in [7, 11) is 1.71. The quantitative estimate of drug-likeness (QED) is 0.742. The summed E-state index contributed by atoms with van der Waals surface area (Å²) in [4.78, 5) is 11.8. The van der Waals surface area contributed by atoms with E-state index in [0.29, 0.717) is 6.54 Å². The fraction of sp³-hybridized carbons (Fsp3) is 0.917. The van der Waals surface area contributed by atoms with Crippen molar-refractivity contribution in [1.29, 1.82) is 0 Å². The molecule has 1 saturated carbocycles. The Hall–Kier alpha value is -0.610. The molecule has 94 valence electrons. The van der Waals surface area contributed by atoms with Gasteiger partial charge in [-0.2, -0.15) is 0 Å². The van der Waals surface area contributed by atoms with Crippen LogP contribution in [-0.4, -0.2) is 31.8 Å². The van der Waals surface area contributed by atoms with Crippen LogP contribution in [0.4, 0.5) is 0 Å². The lowest BCUT2D eigenvalue weighted by Crippen LogP contribution is -2.38. The van der Waals surface area contributed by atoms with Crippen molar-refractivity contribution in [2.75, 3.05) is 13.7 Å². The molecule has 1 fully saturated rings.